The van der Waals surface area contributed by atoms with Gasteiger partial charge in [0.2, 0.25) is 0 Å². The zero-order chi connectivity index (χ0) is 13.0. The molecule has 94 valence electrons. The van der Waals surface area contributed by atoms with Crippen molar-refractivity contribution in [3.8, 4) is 0 Å². The Balaban J connectivity index is 1.94. The number of amides is 2. The molecule has 18 heavy (non-hydrogen) atoms. The average Bonchev–Trinajstić information content (AvgIpc) is 2.79. The minimum Gasteiger partial charge on any atom is -0.457 e. The summed E-state index contributed by atoms with van der Waals surface area (Å²) in [6.07, 6.45) is -1.76. The Labute approximate surface area is 102 Å². The largest absolute Gasteiger partial charge is 0.457 e. The summed E-state index contributed by atoms with van der Waals surface area (Å²) in [5.41, 5.74) is 0.712. The van der Waals surface area contributed by atoms with Gasteiger partial charge in [-0.2, -0.15) is 0 Å². The van der Waals surface area contributed by atoms with Crippen LogP contribution in [-0.2, 0) is 16.1 Å². The van der Waals surface area contributed by atoms with E-state index in [0.29, 0.717) is 11.3 Å². The van der Waals surface area contributed by atoms with Crippen molar-refractivity contribution in [3.63, 3.8) is 0 Å². The topological polar surface area (TPSA) is 77.8 Å². The zero-order valence-corrected chi connectivity index (χ0v) is 9.64. The summed E-state index contributed by atoms with van der Waals surface area (Å²) < 4.78 is 14.5. The van der Waals surface area contributed by atoms with Crippen molar-refractivity contribution in [3.05, 3.63) is 36.1 Å². The first kappa shape index (κ1) is 12.0. The van der Waals surface area contributed by atoms with Crippen LogP contribution in [0.3, 0.4) is 0 Å². The van der Waals surface area contributed by atoms with E-state index in [2.05, 4.69) is 4.74 Å². The predicted octanol–water partition coefficient (Wildman–Crippen LogP) is 2.43. The van der Waals surface area contributed by atoms with Gasteiger partial charge in [0.05, 0.1) is 7.11 Å². The Morgan fingerprint density at radius 2 is 2.06 bits per heavy atom. The quantitative estimate of drug-likeness (QED) is 0.884. The van der Waals surface area contributed by atoms with Gasteiger partial charge in [-0.15, -0.1) is 0 Å². The third-order valence-electron chi connectivity index (χ3n) is 2.21. The van der Waals surface area contributed by atoms with Gasteiger partial charge in [-0.25, -0.2) is 14.9 Å². The Bertz CT molecular complexity index is 542. The van der Waals surface area contributed by atoms with Crippen molar-refractivity contribution in [2.24, 2.45) is 0 Å². The van der Waals surface area contributed by atoms with Crippen molar-refractivity contribution in [1.82, 2.24) is 5.32 Å². The van der Waals surface area contributed by atoms with Gasteiger partial charge in [0.25, 0.3) is 0 Å². The lowest BCUT2D eigenvalue weighted by Crippen LogP contribution is -2.30. The van der Waals surface area contributed by atoms with Gasteiger partial charge in [-0.1, -0.05) is 18.2 Å². The molecule has 2 rings (SSSR count). The van der Waals surface area contributed by atoms with E-state index >= 15 is 0 Å². The fourth-order valence-corrected chi connectivity index (χ4v) is 1.42. The molecular weight excluding hydrogens is 238 g/mol. The molecule has 2 amide bonds. The molecule has 0 saturated heterocycles. The number of nitrogens with one attached hydrogen (secondary N) is 1. The van der Waals surface area contributed by atoms with Gasteiger partial charge < -0.3 is 13.9 Å². The summed E-state index contributed by atoms with van der Waals surface area (Å²) in [6.45, 7) is -0.0580. The van der Waals surface area contributed by atoms with Gasteiger partial charge in [0, 0.05) is 5.39 Å². The van der Waals surface area contributed by atoms with E-state index in [4.69, 9.17) is 9.15 Å². The third-order valence-corrected chi connectivity index (χ3v) is 2.21. The van der Waals surface area contributed by atoms with Crippen molar-refractivity contribution < 1.29 is 23.5 Å². The molecule has 0 aliphatic carbocycles. The van der Waals surface area contributed by atoms with Gasteiger partial charge in [0.15, 0.2) is 6.61 Å². The first-order valence-corrected chi connectivity index (χ1v) is 5.18. The summed E-state index contributed by atoms with van der Waals surface area (Å²) in [6, 6.07) is 9.19. The van der Waals surface area contributed by atoms with E-state index in [1.165, 1.54) is 0 Å². The Morgan fingerprint density at radius 1 is 1.28 bits per heavy atom. The van der Waals surface area contributed by atoms with Gasteiger partial charge >= 0.3 is 12.2 Å². The van der Waals surface area contributed by atoms with Crippen molar-refractivity contribution in [2.75, 3.05) is 7.11 Å². The first-order valence-electron chi connectivity index (χ1n) is 5.18. The van der Waals surface area contributed by atoms with E-state index in [1.54, 1.807) is 6.07 Å². The number of para-hydroxylation sites is 1. The second kappa shape index (κ2) is 5.22. The normalized spacial score (nSPS) is 10.1. The molecule has 0 fully saturated rings. The Kier molecular flexibility index (Phi) is 3.47. The molecule has 0 aliphatic rings. The van der Waals surface area contributed by atoms with Gasteiger partial charge in [-0.3, -0.25) is 0 Å². The van der Waals surface area contributed by atoms with Gasteiger partial charge in [-0.05, 0) is 12.1 Å². The van der Waals surface area contributed by atoms with Crippen LogP contribution in [0.1, 0.15) is 5.76 Å². The molecule has 0 unspecified atom stereocenters. The van der Waals surface area contributed by atoms with Crippen LogP contribution in [0.15, 0.2) is 34.7 Å². The standard InChI is InChI=1S/C12H11NO5/c1-16-11(14)13-12(15)17-7-9-6-8-4-2-3-5-10(8)18-9/h2-6H,7H2,1H3,(H,13,14,15). The van der Waals surface area contributed by atoms with Crippen LogP contribution in [-0.4, -0.2) is 19.3 Å². The molecule has 1 aromatic heterocycles. The maximum Gasteiger partial charge on any atom is 0.417 e. The molecule has 0 aliphatic heterocycles. The molecule has 0 radical (unpaired) electrons. The molecule has 0 spiro atoms. The number of alkyl carbamates (subject to hydrolysis) is 2. The number of benzene rings is 1. The van der Waals surface area contributed by atoms with Crippen LogP contribution >= 0.6 is 0 Å². The number of hydrogen-bond donors (Lipinski definition) is 1. The van der Waals surface area contributed by atoms with Crippen LogP contribution in [0.5, 0.6) is 0 Å². The average molecular weight is 249 g/mol. The highest BCUT2D eigenvalue weighted by Gasteiger charge is 2.10. The van der Waals surface area contributed by atoms with Crippen molar-refractivity contribution >= 4 is 23.2 Å². The minimum atomic E-state index is -0.887. The lowest BCUT2D eigenvalue weighted by atomic mass is 10.2. The molecule has 1 N–H and O–H groups in total. The fourth-order valence-electron chi connectivity index (χ4n) is 1.42. The fraction of sp³-hybridized carbons (Fsp3) is 0.167. The van der Waals surface area contributed by atoms with Crippen LogP contribution in [0.4, 0.5) is 9.59 Å². The molecule has 0 saturated carbocycles. The van der Waals surface area contributed by atoms with E-state index in [-0.39, 0.29) is 6.61 Å². The summed E-state index contributed by atoms with van der Waals surface area (Å²) in [5.74, 6) is 0.496. The number of ether oxygens (including phenoxy) is 2. The summed E-state index contributed by atoms with van der Waals surface area (Å²) in [5, 5.41) is 2.79. The van der Waals surface area contributed by atoms with E-state index in [1.807, 2.05) is 29.6 Å². The second-order valence-electron chi connectivity index (χ2n) is 3.44. The highest BCUT2D eigenvalue weighted by Crippen LogP contribution is 2.19. The van der Waals surface area contributed by atoms with Crippen LogP contribution in [0.2, 0.25) is 0 Å². The van der Waals surface area contributed by atoms with Crippen LogP contribution < -0.4 is 5.32 Å². The Morgan fingerprint density at radius 3 is 2.78 bits per heavy atom. The van der Waals surface area contributed by atoms with E-state index in [9.17, 15) is 9.59 Å². The molecular formula is C12H11NO5. The molecule has 6 heteroatoms. The lowest BCUT2D eigenvalue weighted by molar-refractivity contribution is 0.123. The number of methoxy groups -OCH3 is 1. The van der Waals surface area contributed by atoms with E-state index in [0.717, 1.165) is 12.5 Å². The van der Waals surface area contributed by atoms with Crippen molar-refractivity contribution in [2.45, 2.75) is 6.61 Å². The number of rotatable bonds is 2. The van der Waals surface area contributed by atoms with Gasteiger partial charge in [0.1, 0.15) is 11.3 Å². The molecule has 1 aromatic carbocycles. The maximum atomic E-state index is 11.1. The number of fused-ring (bicyclic) bond motifs is 1. The summed E-state index contributed by atoms with van der Waals surface area (Å²) >= 11 is 0. The molecule has 1 heterocycles. The van der Waals surface area contributed by atoms with Crippen molar-refractivity contribution in [1.29, 1.82) is 0 Å². The third kappa shape index (κ3) is 2.79. The SMILES string of the molecule is COC(=O)NC(=O)OCc1cc2ccccc2o1. The zero-order valence-electron chi connectivity index (χ0n) is 9.64. The van der Waals surface area contributed by atoms with Crippen LogP contribution in [0, 0.1) is 0 Å². The first-order chi connectivity index (χ1) is 8.69. The second-order valence-corrected chi connectivity index (χ2v) is 3.44. The molecule has 6 nitrogen and oxygen atoms in total. The molecule has 0 bridgehead atoms. The molecule has 0 atom stereocenters. The monoisotopic (exact) mass is 249 g/mol. The maximum absolute atomic E-state index is 11.1. The number of hydrogen-bond acceptors (Lipinski definition) is 5. The van der Waals surface area contributed by atoms with Crippen LogP contribution in [0.25, 0.3) is 11.0 Å². The minimum absolute atomic E-state index is 0.0580. The predicted molar refractivity (Wildman–Crippen MR) is 61.9 cm³/mol. The number of imide groups is 1. The summed E-state index contributed by atoms with van der Waals surface area (Å²) in [7, 11) is 1.15. The molecule has 2 aromatic rings. The van der Waals surface area contributed by atoms with E-state index < -0.39 is 12.2 Å². The highest BCUT2D eigenvalue weighted by molar-refractivity contribution is 5.87. The summed E-state index contributed by atoms with van der Waals surface area (Å²) in [4.78, 5) is 21.8. The smallest absolute Gasteiger partial charge is 0.417 e. The Hall–Kier alpha value is -2.50. The number of carbonyl (C=O) groups is 2. The lowest BCUT2D eigenvalue weighted by Gasteiger charge is -2.02. The number of furan rings is 1. The highest BCUT2D eigenvalue weighted by atomic mass is 16.6. The number of carbonyl (C=O) groups excluding carboxylic acids is 2.